The molecule has 0 radical (unpaired) electrons. The van der Waals surface area contributed by atoms with Crippen LogP contribution in [0.1, 0.15) is 0 Å². The third-order valence-electron chi connectivity index (χ3n) is 0. The molecular formula is H4Cl3NZn. The summed E-state index contributed by atoms with van der Waals surface area (Å²) in [5, 5.41) is 0. The predicted octanol–water partition coefficient (Wildman–Crippen LogP) is 1.96. The summed E-state index contributed by atoms with van der Waals surface area (Å²) < 4.78 is 0. The van der Waals surface area contributed by atoms with E-state index in [1.54, 1.807) is 0 Å². The van der Waals surface area contributed by atoms with Gasteiger partial charge in [0.05, 0.1) is 0 Å². The molecule has 0 unspecified atom stereocenters. The van der Waals surface area contributed by atoms with Gasteiger partial charge < -0.3 is 6.15 Å². The van der Waals surface area contributed by atoms with E-state index in [1.807, 2.05) is 0 Å². The molecule has 5 heteroatoms. The fourth-order valence-electron chi connectivity index (χ4n) is 0. The van der Waals surface area contributed by atoms with Crippen molar-refractivity contribution in [1.82, 2.24) is 6.15 Å². The van der Waals surface area contributed by atoms with Crippen molar-refractivity contribution in [1.29, 1.82) is 0 Å². The molecule has 3 N–H and O–H groups in total. The van der Waals surface area contributed by atoms with E-state index < -0.39 is 15.1 Å². The van der Waals surface area contributed by atoms with Gasteiger partial charge in [-0.25, -0.2) is 0 Å². The van der Waals surface area contributed by atoms with E-state index in [0.717, 1.165) is 0 Å². The first-order valence-corrected chi connectivity index (χ1v) is 8.33. The molecule has 0 atom stereocenters. The quantitative estimate of drug-likeness (QED) is 0.581. The maximum atomic E-state index is 4.95. The standard InChI is InChI=1S/3ClH.H3N.Zn/h3*1H;1H3;/q;;;;+2/p-2. The molecular weight excluding hydrogens is 186 g/mol. The summed E-state index contributed by atoms with van der Waals surface area (Å²) in [4.78, 5) is 0. The Bertz CT molecular complexity index is 6.85. The molecule has 0 bridgehead atoms. The van der Waals surface area contributed by atoms with Gasteiger partial charge in [-0.05, 0) is 0 Å². The van der Waals surface area contributed by atoms with Crippen molar-refractivity contribution in [3.05, 3.63) is 0 Å². The average molecular weight is 190 g/mol. The maximum absolute atomic E-state index is 4.95. The van der Waals surface area contributed by atoms with Gasteiger partial charge >= 0.3 is 34.5 Å². The summed E-state index contributed by atoms with van der Waals surface area (Å²) in [7, 11) is 9.90. The van der Waals surface area contributed by atoms with Gasteiger partial charge in [0.1, 0.15) is 0 Å². The van der Waals surface area contributed by atoms with Crippen molar-refractivity contribution in [2.24, 2.45) is 0 Å². The van der Waals surface area contributed by atoms with E-state index in [9.17, 15) is 0 Å². The van der Waals surface area contributed by atoms with Crippen molar-refractivity contribution in [2.75, 3.05) is 0 Å². The van der Waals surface area contributed by atoms with E-state index in [0.29, 0.717) is 0 Å². The van der Waals surface area contributed by atoms with E-state index in [1.165, 1.54) is 0 Å². The fraction of sp³-hybridized carbons (Fsp3) is 0. The van der Waals surface area contributed by atoms with Crippen LogP contribution in [0, 0.1) is 0 Å². The van der Waals surface area contributed by atoms with Gasteiger partial charge in [-0.15, -0.1) is 12.4 Å². The molecule has 32 valence electrons. The summed E-state index contributed by atoms with van der Waals surface area (Å²) in [6, 6.07) is 0. The van der Waals surface area contributed by atoms with Crippen molar-refractivity contribution in [3.63, 3.8) is 0 Å². The Balaban J connectivity index is -0.0000000200. The summed E-state index contributed by atoms with van der Waals surface area (Å²) in [5.74, 6) is 0. The van der Waals surface area contributed by atoms with Crippen molar-refractivity contribution >= 4 is 31.8 Å². The zero-order valence-corrected chi connectivity index (χ0v) is 7.87. The van der Waals surface area contributed by atoms with Crippen LogP contribution in [0.3, 0.4) is 0 Å². The Morgan fingerprint density at radius 2 is 1.20 bits per heavy atom. The zero-order chi connectivity index (χ0) is 2.71. The summed E-state index contributed by atoms with van der Waals surface area (Å²) in [5.41, 5.74) is 0. The second-order valence-corrected chi connectivity index (χ2v) is 4.72. The van der Waals surface area contributed by atoms with Crippen LogP contribution in [0.4, 0.5) is 0 Å². The molecule has 0 saturated heterocycles. The van der Waals surface area contributed by atoms with Crippen molar-refractivity contribution in [2.45, 2.75) is 0 Å². The minimum absolute atomic E-state index is 0. The predicted molar refractivity (Wildman–Crippen MR) is 24.0 cm³/mol. The molecule has 0 saturated carbocycles. The van der Waals surface area contributed by atoms with E-state index in [4.69, 9.17) is 19.4 Å². The monoisotopic (exact) mass is 187 g/mol. The van der Waals surface area contributed by atoms with Crippen molar-refractivity contribution in [3.8, 4) is 0 Å². The molecule has 0 aliphatic carbocycles. The molecule has 0 amide bonds. The molecule has 1 nitrogen and oxygen atoms in total. The van der Waals surface area contributed by atoms with Crippen molar-refractivity contribution < 1.29 is 15.1 Å². The summed E-state index contributed by atoms with van der Waals surface area (Å²) in [6.07, 6.45) is 0. The topological polar surface area (TPSA) is 35.0 Å². The molecule has 0 spiro atoms. The Kier molecular flexibility index (Phi) is 57.8. The third kappa shape index (κ3) is 30.8. The fourth-order valence-corrected chi connectivity index (χ4v) is 0. The second-order valence-electron chi connectivity index (χ2n) is 0.101. The molecule has 0 rings (SSSR count). The first kappa shape index (κ1) is 16.1. The SMILES string of the molecule is Cl.N.[Cl][Zn][Cl]. The second kappa shape index (κ2) is 18.0. The van der Waals surface area contributed by atoms with E-state index in [2.05, 4.69) is 0 Å². The van der Waals surface area contributed by atoms with Gasteiger partial charge in [0.15, 0.2) is 0 Å². The molecule has 0 heterocycles. The molecule has 0 aliphatic heterocycles. The summed E-state index contributed by atoms with van der Waals surface area (Å²) >= 11 is -0.931. The first-order chi connectivity index (χ1) is 1.41. The van der Waals surface area contributed by atoms with Gasteiger partial charge in [0.2, 0.25) is 0 Å². The molecule has 0 fully saturated rings. The number of rotatable bonds is 0. The van der Waals surface area contributed by atoms with Gasteiger partial charge in [0, 0.05) is 0 Å². The number of hydrogen-bond donors (Lipinski definition) is 1. The Morgan fingerprint density at radius 1 is 1.20 bits per heavy atom. The van der Waals surface area contributed by atoms with Gasteiger partial charge in [-0.3, -0.25) is 0 Å². The van der Waals surface area contributed by atoms with E-state index in [-0.39, 0.29) is 18.6 Å². The van der Waals surface area contributed by atoms with Crippen LogP contribution < -0.4 is 6.15 Å². The summed E-state index contributed by atoms with van der Waals surface area (Å²) in [6.45, 7) is 0. The van der Waals surface area contributed by atoms with Crippen LogP contribution in [-0.4, -0.2) is 0 Å². The van der Waals surface area contributed by atoms with Crippen LogP contribution in [0.5, 0.6) is 0 Å². The Hall–Kier alpha value is 1.45. The molecule has 0 aromatic carbocycles. The molecule has 0 aromatic rings. The van der Waals surface area contributed by atoms with Gasteiger partial charge in [0.25, 0.3) is 0 Å². The molecule has 0 aromatic heterocycles. The number of hydrogen-bond acceptors (Lipinski definition) is 1. The van der Waals surface area contributed by atoms with Crippen LogP contribution in [0.15, 0.2) is 0 Å². The average Bonchev–Trinajstić information content (AvgIpc) is 0.918. The normalized spacial score (nSPS) is 2.00. The van der Waals surface area contributed by atoms with Gasteiger partial charge in [-0.2, -0.15) is 0 Å². The molecule has 5 heavy (non-hydrogen) atoms. The molecule has 0 aliphatic rings. The van der Waals surface area contributed by atoms with Crippen LogP contribution in [0.2, 0.25) is 0 Å². The van der Waals surface area contributed by atoms with Gasteiger partial charge in [-0.1, -0.05) is 0 Å². The van der Waals surface area contributed by atoms with Crippen LogP contribution in [-0.2, 0) is 15.1 Å². The third-order valence-corrected chi connectivity index (χ3v) is 0. The Labute approximate surface area is 53.1 Å². The Morgan fingerprint density at radius 3 is 1.20 bits per heavy atom. The minimum atomic E-state index is -0.931. The number of halogens is 3. The van der Waals surface area contributed by atoms with Crippen LogP contribution in [0.25, 0.3) is 0 Å². The van der Waals surface area contributed by atoms with Crippen LogP contribution >= 0.6 is 31.8 Å². The zero-order valence-electron chi connectivity index (χ0n) is 2.58. The van der Waals surface area contributed by atoms with E-state index >= 15 is 0 Å². The first-order valence-electron chi connectivity index (χ1n) is 0.535.